The first-order valence-corrected chi connectivity index (χ1v) is 13.1. The molecular weight excluding hydrogens is 444 g/mol. The summed E-state index contributed by atoms with van der Waals surface area (Å²) in [6.45, 7) is 5.11. The first kappa shape index (κ1) is 23.9. The highest BCUT2D eigenvalue weighted by Crippen LogP contribution is 2.44. The van der Waals surface area contributed by atoms with Crippen molar-refractivity contribution >= 4 is 38.0 Å². The standard InChI is InChI=1S/C28H30N2O3S/c1-28(2)26(16-8-9-19-29-23-13-4-3-5-14-23)30(20-10-11-21-34(31,32)33)25-18-17-22-12-6-7-15-24(22)27(25)28/h3-9,12-19H,10-11,20-21H2,1-2H3,(H,31,32,33). The second-order valence-corrected chi connectivity index (χ2v) is 10.6. The Morgan fingerprint density at radius 3 is 2.44 bits per heavy atom. The number of para-hydroxylation sites is 1. The van der Waals surface area contributed by atoms with Crippen molar-refractivity contribution < 1.29 is 17.5 Å². The lowest BCUT2D eigenvalue weighted by Crippen LogP contribution is -2.28. The van der Waals surface area contributed by atoms with E-state index in [1.807, 2.05) is 54.8 Å². The number of hydrogen-bond acceptors (Lipinski definition) is 4. The summed E-state index contributed by atoms with van der Waals surface area (Å²) in [5.41, 5.74) is 4.34. The van der Waals surface area contributed by atoms with Crippen LogP contribution >= 0.6 is 0 Å². The SMILES string of the molecule is CC1(C)C(/C=C/C=C/Nc2ccccc2)=[N+](CCCCS(=O)(=O)[O-])c2ccc3ccccc3c21. The third-order valence-electron chi connectivity index (χ3n) is 6.27. The van der Waals surface area contributed by atoms with Gasteiger partial charge < -0.3 is 9.87 Å². The fourth-order valence-corrected chi connectivity index (χ4v) is 5.26. The van der Waals surface area contributed by atoms with Gasteiger partial charge in [-0.05, 0) is 55.3 Å². The third-order valence-corrected chi connectivity index (χ3v) is 7.05. The Hall–Kier alpha value is -3.22. The average molecular weight is 475 g/mol. The van der Waals surface area contributed by atoms with Crippen LogP contribution in [-0.4, -0.2) is 35.6 Å². The van der Waals surface area contributed by atoms with E-state index in [1.54, 1.807) is 0 Å². The molecule has 0 saturated carbocycles. The van der Waals surface area contributed by atoms with Crippen molar-refractivity contribution in [2.24, 2.45) is 0 Å². The molecule has 34 heavy (non-hydrogen) atoms. The van der Waals surface area contributed by atoms with Crippen LogP contribution < -0.4 is 5.32 Å². The Morgan fingerprint density at radius 1 is 0.941 bits per heavy atom. The van der Waals surface area contributed by atoms with Gasteiger partial charge in [0.25, 0.3) is 0 Å². The molecule has 0 amide bonds. The maximum absolute atomic E-state index is 11.0. The Labute approximate surface area is 201 Å². The topological polar surface area (TPSA) is 72.2 Å². The fourth-order valence-electron chi connectivity index (χ4n) is 4.71. The van der Waals surface area contributed by atoms with Crippen LogP contribution in [0.15, 0.2) is 91.2 Å². The summed E-state index contributed by atoms with van der Waals surface area (Å²) >= 11 is 0. The molecule has 0 aromatic heterocycles. The van der Waals surface area contributed by atoms with Gasteiger partial charge in [0.15, 0.2) is 5.71 Å². The number of nitrogens with one attached hydrogen (secondary N) is 1. The minimum atomic E-state index is -4.19. The van der Waals surface area contributed by atoms with Crippen LogP contribution in [0.5, 0.6) is 0 Å². The number of anilines is 1. The third kappa shape index (κ3) is 5.29. The minimum Gasteiger partial charge on any atom is -0.748 e. The number of nitrogens with zero attached hydrogens (tertiary/aromatic N) is 1. The van der Waals surface area contributed by atoms with Crippen molar-refractivity contribution in [3.63, 3.8) is 0 Å². The fraction of sp³-hybridized carbons (Fsp3) is 0.250. The number of hydrogen-bond donors (Lipinski definition) is 1. The van der Waals surface area contributed by atoms with Crippen LogP contribution in [0.3, 0.4) is 0 Å². The quantitative estimate of drug-likeness (QED) is 0.186. The molecule has 0 atom stereocenters. The Bertz CT molecular complexity index is 1370. The van der Waals surface area contributed by atoms with Gasteiger partial charge in [0.2, 0.25) is 5.69 Å². The summed E-state index contributed by atoms with van der Waals surface area (Å²) in [6, 6.07) is 22.7. The van der Waals surface area contributed by atoms with Gasteiger partial charge in [-0.1, -0.05) is 48.5 Å². The second-order valence-electron chi connectivity index (χ2n) is 9.04. The van der Waals surface area contributed by atoms with Crippen molar-refractivity contribution in [3.8, 4) is 0 Å². The molecule has 0 fully saturated rings. The summed E-state index contributed by atoms with van der Waals surface area (Å²) in [5.74, 6) is -0.326. The Morgan fingerprint density at radius 2 is 1.68 bits per heavy atom. The van der Waals surface area contributed by atoms with Crippen molar-refractivity contribution in [2.75, 3.05) is 17.6 Å². The molecule has 0 aliphatic carbocycles. The number of rotatable bonds is 9. The first-order valence-electron chi connectivity index (χ1n) is 11.5. The van der Waals surface area contributed by atoms with Crippen LogP contribution in [0.25, 0.3) is 10.8 Å². The molecule has 0 saturated heterocycles. The Balaban J connectivity index is 1.64. The van der Waals surface area contributed by atoms with Crippen LogP contribution in [-0.2, 0) is 15.5 Å². The van der Waals surface area contributed by atoms with E-state index in [9.17, 15) is 13.0 Å². The highest BCUT2D eigenvalue weighted by atomic mass is 32.2. The van der Waals surface area contributed by atoms with Crippen molar-refractivity contribution in [1.29, 1.82) is 0 Å². The summed E-state index contributed by atoms with van der Waals surface area (Å²) in [5, 5.41) is 5.68. The molecule has 4 rings (SSSR count). The Kier molecular flexibility index (Phi) is 7.00. The van der Waals surface area contributed by atoms with Gasteiger partial charge in [-0.2, -0.15) is 4.58 Å². The summed E-state index contributed by atoms with van der Waals surface area (Å²) in [4.78, 5) is 0. The van der Waals surface area contributed by atoms with Gasteiger partial charge >= 0.3 is 0 Å². The van der Waals surface area contributed by atoms with Crippen molar-refractivity contribution in [3.05, 3.63) is 96.7 Å². The molecule has 1 heterocycles. The highest BCUT2D eigenvalue weighted by molar-refractivity contribution is 7.85. The van der Waals surface area contributed by atoms with Gasteiger partial charge in [0.05, 0.1) is 15.5 Å². The normalized spacial score (nSPS) is 15.5. The zero-order chi connectivity index (χ0) is 24.2. The zero-order valence-electron chi connectivity index (χ0n) is 19.6. The minimum absolute atomic E-state index is 0.238. The molecule has 3 aromatic carbocycles. The lowest BCUT2D eigenvalue weighted by molar-refractivity contribution is -0.438. The van der Waals surface area contributed by atoms with E-state index in [0.29, 0.717) is 19.4 Å². The average Bonchev–Trinajstić information content (AvgIpc) is 3.03. The van der Waals surface area contributed by atoms with Crippen LogP contribution in [0.2, 0.25) is 0 Å². The van der Waals surface area contributed by atoms with Gasteiger partial charge in [-0.15, -0.1) is 0 Å². The molecule has 176 valence electrons. The van der Waals surface area contributed by atoms with Crippen LogP contribution in [0, 0.1) is 0 Å². The number of unbranched alkanes of at least 4 members (excludes halogenated alkanes) is 1. The summed E-state index contributed by atoms with van der Waals surface area (Å²) in [6.07, 6.45) is 8.99. The summed E-state index contributed by atoms with van der Waals surface area (Å²) in [7, 11) is -4.19. The monoisotopic (exact) mass is 474 g/mol. The van der Waals surface area contributed by atoms with Crippen LogP contribution in [0.1, 0.15) is 32.3 Å². The lowest BCUT2D eigenvalue weighted by Gasteiger charge is -2.17. The second kappa shape index (κ2) is 9.95. The highest BCUT2D eigenvalue weighted by Gasteiger charge is 2.45. The number of allylic oxidation sites excluding steroid dienone is 3. The van der Waals surface area contributed by atoms with E-state index in [-0.39, 0.29) is 11.2 Å². The van der Waals surface area contributed by atoms with Crippen molar-refractivity contribution in [2.45, 2.75) is 32.1 Å². The molecule has 1 N–H and O–H groups in total. The predicted molar refractivity (Wildman–Crippen MR) is 139 cm³/mol. The smallest absolute Gasteiger partial charge is 0.210 e. The maximum atomic E-state index is 11.0. The molecule has 0 unspecified atom stereocenters. The van der Waals surface area contributed by atoms with Gasteiger partial charge in [-0.3, -0.25) is 0 Å². The molecular formula is C28H30N2O3S. The lowest BCUT2D eigenvalue weighted by atomic mass is 9.79. The predicted octanol–water partition coefficient (Wildman–Crippen LogP) is 5.72. The molecule has 1 aliphatic rings. The molecule has 1 aliphatic heterocycles. The first-order chi connectivity index (χ1) is 16.3. The maximum Gasteiger partial charge on any atom is 0.210 e. The molecule has 5 nitrogen and oxygen atoms in total. The van der Waals surface area contributed by atoms with E-state index in [4.69, 9.17) is 0 Å². The van der Waals surface area contributed by atoms with E-state index >= 15 is 0 Å². The number of fused-ring (bicyclic) bond motifs is 3. The van der Waals surface area contributed by atoms with E-state index in [2.05, 4.69) is 60.1 Å². The largest absolute Gasteiger partial charge is 0.748 e. The molecule has 6 heteroatoms. The van der Waals surface area contributed by atoms with E-state index in [1.165, 1.54) is 16.3 Å². The van der Waals surface area contributed by atoms with E-state index < -0.39 is 10.1 Å². The molecule has 3 aromatic rings. The molecule has 0 bridgehead atoms. The van der Waals surface area contributed by atoms with Crippen LogP contribution in [0.4, 0.5) is 11.4 Å². The molecule has 0 radical (unpaired) electrons. The van der Waals surface area contributed by atoms with Crippen molar-refractivity contribution in [1.82, 2.24) is 0 Å². The van der Waals surface area contributed by atoms with Gasteiger partial charge in [0, 0.05) is 41.8 Å². The zero-order valence-corrected chi connectivity index (χ0v) is 20.4. The van der Waals surface area contributed by atoms with Gasteiger partial charge in [-0.25, -0.2) is 8.42 Å². The number of benzene rings is 3. The van der Waals surface area contributed by atoms with E-state index in [0.717, 1.165) is 17.1 Å². The van der Waals surface area contributed by atoms with Gasteiger partial charge in [0.1, 0.15) is 6.54 Å². The summed E-state index contributed by atoms with van der Waals surface area (Å²) < 4.78 is 35.4. The molecule has 0 spiro atoms.